The average Bonchev–Trinajstić information content (AvgIpc) is 2.76. The van der Waals surface area contributed by atoms with Crippen LogP contribution in [0.3, 0.4) is 0 Å². The van der Waals surface area contributed by atoms with Crippen molar-refractivity contribution in [2.24, 2.45) is 5.84 Å². The number of nitrogens with one attached hydrogen (secondary N) is 2. The summed E-state index contributed by atoms with van der Waals surface area (Å²) in [6.07, 6.45) is 2.41. The van der Waals surface area contributed by atoms with Gasteiger partial charge in [0.2, 0.25) is 5.91 Å². The topological polar surface area (TPSA) is 96.2 Å². The van der Waals surface area contributed by atoms with Gasteiger partial charge in [0.05, 0.1) is 0 Å². The normalized spacial score (nSPS) is 18.8. The first-order valence-electron chi connectivity index (χ1n) is 5.92. The zero-order valence-corrected chi connectivity index (χ0v) is 10.6. The lowest BCUT2D eigenvalue weighted by molar-refractivity contribution is -0.119. The van der Waals surface area contributed by atoms with E-state index < -0.39 is 0 Å². The third kappa shape index (κ3) is 2.51. The first-order valence-corrected chi connectivity index (χ1v) is 5.92. The van der Waals surface area contributed by atoms with Crippen molar-refractivity contribution < 1.29 is 4.79 Å². The van der Waals surface area contributed by atoms with Crippen LogP contribution < -0.4 is 21.5 Å². The van der Waals surface area contributed by atoms with E-state index >= 15 is 0 Å². The van der Waals surface area contributed by atoms with Gasteiger partial charge in [-0.15, -0.1) is 0 Å². The fourth-order valence-corrected chi connectivity index (χ4v) is 2.26. The van der Waals surface area contributed by atoms with Crippen molar-refractivity contribution in [1.29, 1.82) is 0 Å². The van der Waals surface area contributed by atoms with Crippen molar-refractivity contribution in [1.82, 2.24) is 15.3 Å². The van der Waals surface area contributed by atoms with E-state index in [9.17, 15) is 4.79 Å². The quantitative estimate of drug-likeness (QED) is 0.507. The fraction of sp³-hybridized carbons (Fsp3) is 0.545. The van der Waals surface area contributed by atoms with E-state index in [4.69, 9.17) is 5.84 Å². The van der Waals surface area contributed by atoms with Crippen molar-refractivity contribution in [2.75, 3.05) is 23.4 Å². The molecule has 0 spiro atoms. The molecule has 1 aromatic rings. The van der Waals surface area contributed by atoms with Crippen molar-refractivity contribution in [3.63, 3.8) is 0 Å². The molecule has 0 aromatic carbocycles. The number of carbonyl (C=O) groups is 1. The SMILES string of the molecule is CC(=O)NC1CCN(c2ncnc(NN)c2C)C1. The molecule has 1 saturated heterocycles. The van der Waals surface area contributed by atoms with Crippen molar-refractivity contribution in [2.45, 2.75) is 26.3 Å². The molecule has 18 heavy (non-hydrogen) atoms. The summed E-state index contributed by atoms with van der Waals surface area (Å²) in [6, 6.07) is 0.186. The highest BCUT2D eigenvalue weighted by molar-refractivity contribution is 5.73. The van der Waals surface area contributed by atoms with Crippen LogP contribution in [0, 0.1) is 6.92 Å². The summed E-state index contributed by atoms with van der Waals surface area (Å²) in [7, 11) is 0. The molecular weight excluding hydrogens is 232 g/mol. The summed E-state index contributed by atoms with van der Waals surface area (Å²) in [6.45, 7) is 5.10. The summed E-state index contributed by atoms with van der Waals surface area (Å²) in [5, 5.41) is 2.93. The van der Waals surface area contributed by atoms with E-state index in [1.807, 2.05) is 6.92 Å². The molecule has 0 saturated carbocycles. The third-order valence-corrected chi connectivity index (χ3v) is 3.09. The highest BCUT2D eigenvalue weighted by Gasteiger charge is 2.25. The Hall–Kier alpha value is -1.89. The number of aromatic nitrogens is 2. The van der Waals surface area contributed by atoms with Gasteiger partial charge in [-0.1, -0.05) is 0 Å². The fourth-order valence-electron chi connectivity index (χ4n) is 2.26. The molecule has 0 aliphatic carbocycles. The van der Waals surface area contributed by atoms with Crippen LogP contribution in [-0.2, 0) is 4.79 Å². The molecule has 0 radical (unpaired) electrons. The third-order valence-electron chi connectivity index (χ3n) is 3.09. The Balaban J connectivity index is 2.12. The molecule has 1 aromatic heterocycles. The summed E-state index contributed by atoms with van der Waals surface area (Å²) in [5.41, 5.74) is 3.47. The Bertz CT molecular complexity index is 449. The van der Waals surface area contributed by atoms with Gasteiger partial charge in [-0.3, -0.25) is 4.79 Å². The predicted octanol–water partition coefficient (Wildman–Crippen LogP) is -0.215. The first kappa shape index (κ1) is 12.6. The van der Waals surface area contributed by atoms with Gasteiger partial charge >= 0.3 is 0 Å². The molecule has 1 fully saturated rings. The lowest BCUT2D eigenvalue weighted by Gasteiger charge is -2.20. The Labute approximate surface area is 106 Å². The Morgan fingerprint density at radius 2 is 2.33 bits per heavy atom. The molecule has 4 N–H and O–H groups in total. The lowest BCUT2D eigenvalue weighted by atomic mass is 10.2. The molecule has 1 aliphatic heterocycles. The number of anilines is 2. The Morgan fingerprint density at radius 3 is 3.00 bits per heavy atom. The largest absolute Gasteiger partial charge is 0.354 e. The Morgan fingerprint density at radius 1 is 1.56 bits per heavy atom. The van der Waals surface area contributed by atoms with Gasteiger partial charge in [0.25, 0.3) is 0 Å². The molecule has 7 heteroatoms. The minimum Gasteiger partial charge on any atom is -0.354 e. The average molecular weight is 250 g/mol. The van der Waals surface area contributed by atoms with Crippen molar-refractivity contribution in [3.8, 4) is 0 Å². The highest BCUT2D eigenvalue weighted by Crippen LogP contribution is 2.24. The summed E-state index contributed by atoms with van der Waals surface area (Å²) >= 11 is 0. The molecule has 1 unspecified atom stereocenters. The zero-order chi connectivity index (χ0) is 13.1. The summed E-state index contributed by atoms with van der Waals surface area (Å²) in [4.78, 5) is 21.5. The van der Waals surface area contributed by atoms with Crippen LogP contribution in [-0.4, -0.2) is 35.0 Å². The molecular formula is C11H18N6O. The monoisotopic (exact) mass is 250 g/mol. The van der Waals surface area contributed by atoms with E-state index in [-0.39, 0.29) is 11.9 Å². The maximum Gasteiger partial charge on any atom is 0.217 e. The molecule has 1 atom stereocenters. The maximum absolute atomic E-state index is 11.0. The molecule has 1 amide bonds. The summed E-state index contributed by atoms with van der Waals surface area (Å²) < 4.78 is 0. The van der Waals surface area contributed by atoms with Crippen LogP contribution in [0.15, 0.2) is 6.33 Å². The van der Waals surface area contributed by atoms with Gasteiger partial charge in [-0.25, -0.2) is 15.8 Å². The maximum atomic E-state index is 11.0. The number of rotatable bonds is 3. The number of amides is 1. The second kappa shape index (κ2) is 5.18. The van der Waals surface area contributed by atoms with Gasteiger partial charge < -0.3 is 15.6 Å². The van der Waals surface area contributed by atoms with Gasteiger partial charge in [0.1, 0.15) is 18.0 Å². The minimum atomic E-state index is 0.00516. The number of nitrogen functional groups attached to an aromatic ring is 1. The van der Waals surface area contributed by atoms with E-state index in [1.54, 1.807) is 0 Å². The van der Waals surface area contributed by atoms with Gasteiger partial charge in [-0.2, -0.15) is 0 Å². The lowest BCUT2D eigenvalue weighted by Crippen LogP contribution is -2.35. The number of carbonyl (C=O) groups excluding carboxylic acids is 1. The standard InChI is InChI=1S/C11H18N6O/c1-7-10(16-12)13-6-14-11(7)17-4-3-9(5-17)15-8(2)18/h6,9H,3-5,12H2,1-2H3,(H,15,18)(H,13,14,16). The van der Waals surface area contributed by atoms with Crippen molar-refractivity contribution >= 4 is 17.5 Å². The van der Waals surface area contributed by atoms with Crippen LogP contribution in [0.2, 0.25) is 0 Å². The number of nitrogens with zero attached hydrogens (tertiary/aromatic N) is 3. The Kier molecular flexibility index (Phi) is 3.61. The number of hydrogen-bond donors (Lipinski definition) is 3. The second-order valence-corrected chi connectivity index (χ2v) is 4.45. The number of hydrazine groups is 1. The van der Waals surface area contributed by atoms with Gasteiger partial charge in [-0.05, 0) is 13.3 Å². The highest BCUT2D eigenvalue weighted by atomic mass is 16.1. The zero-order valence-electron chi connectivity index (χ0n) is 10.6. The van der Waals surface area contributed by atoms with E-state index in [2.05, 4.69) is 25.6 Å². The number of nitrogens with two attached hydrogens (primary N) is 1. The van der Waals surface area contributed by atoms with E-state index in [0.717, 1.165) is 30.9 Å². The van der Waals surface area contributed by atoms with Crippen LogP contribution in [0.5, 0.6) is 0 Å². The molecule has 1 aliphatic rings. The van der Waals surface area contributed by atoms with Gasteiger partial charge in [0.15, 0.2) is 0 Å². The molecule has 7 nitrogen and oxygen atoms in total. The predicted molar refractivity (Wildman–Crippen MR) is 69.0 cm³/mol. The molecule has 2 rings (SSSR count). The minimum absolute atomic E-state index is 0.00516. The van der Waals surface area contributed by atoms with E-state index in [0.29, 0.717) is 5.82 Å². The molecule has 0 bridgehead atoms. The van der Waals surface area contributed by atoms with Crippen LogP contribution in [0.1, 0.15) is 18.9 Å². The smallest absolute Gasteiger partial charge is 0.217 e. The van der Waals surface area contributed by atoms with Crippen LogP contribution in [0.25, 0.3) is 0 Å². The van der Waals surface area contributed by atoms with Crippen LogP contribution >= 0.6 is 0 Å². The van der Waals surface area contributed by atoms with Gasteiger partial charge in [0, 0.05) is 31.6 Å². The molecule has 2 heterocycles. The number of hydrogen-bond acceptors (Lipinski definition) is 6. The van der Waals surface area contributed by atoms with Crippen LogP contribution in [0.4, 0.5) is 11.6 Å². The molecule has 98 valence electrons. The summed E-state index contributed by atoms with van der Waals surface area (Å²) in [5.74, 6) is 6.90. The van der Waals surface area contributed by atoms with E-state index in [1.165, 1.54) is 13.3 Å². The van der Waals surface area contributed by atoms with Crippen molar-refractivity contribution in [3.05, 3.63) is 11.9 Å². The second-order valence-electron chi connectivity index (χ2n) is 4.45. The first-order chi connectivity index (χ1) is 8.61.